The Balaban J connectivity index is 1.04. The van der Waals surface area contributed by atoms with Crippen molar-refractivity contribution in [2.75, 3.05) is 4.90 Å². The highest BCUT2D eigenvalue weighted by molar-refractivity contribution is 7.99. The van der Waals surface area contributed by atoms with E-state index in [1.807, 2.05) is 36.0 Å². The SMILES string of the molecule is c1ccc2c(c1)Sc1cccc3c4cccc(-c5ccc(N(c6ccc7c(c6)oc6ccccc67)c6ccc7c(c6)oc6ccccc67)cc5)c4n-2c13. The molecule has 53 heavy (non-hydrogen) atoms. The highest BCUT2D eigenvalue weighted by Crippen LogP contribution is 2.49. The Hall–Kier alpha value is -6.69. The van der Waals surface area contributed by atoms with Gasteiger partial charge in [0.2, 0.25) is 0 Å². The Morgan fingerprint density at radius 3 is 1.62 bits per heavy atom. The zero-order chi connectivity index (χ0) is 34.6. The number of hydrogen-bond donors (Lipinski definition) is 0. The predicted molar refractivity (Wildman–Crippen MR) is 220 cm³/mol. The van der Waals surface area contributed by atoms with Crippen molar-refractivity contribution in [2.24, 2.45) is 0 Å². The molecule has 11 aromatic rings. The average molecular weight is 697 g/mol. The Morgan fingerprint density at radius 2 is 0.925 bits per heavy atom. The molecule has 0 amide bonds. The van der Waals surface area contributed by atoms with Crippen LogP contribution in [0.4, 0.5) is 17.1 Å². The second kappa shape index (κ2) is 10.9. The van der Waals surface area contributed by atoms with Crippen LogP contribution in [0, 0.1) is 0 Å². The minimum absolute atomic E-state index is 0.855. The highest BCUT2D eigenvalue weighted by Gasteiger charge is 2.25. The van der Waals surface area contributed by atoms with E-state index in [2.05, 4.69) is 155 Å². The summed E-state index contributed by atoms with van der Waals surface area (Å²) in [6.07, 6.45) is 0. The van der Waals surface area contributed by atoms with Crippen molar-refractivity contribution in [3.63, 3.8) is 0 Å². The van der Waals surface area contributed by atoms with E-state index in [1.165, 1.54) is 42.8 Å². The van der Waals surface area contributed by atoms with Gasteiger partial charge in [0.15, 0.2) is 0 Å². The average Bonchev–Trinajstić information content (AvgIpc) is 3.88. The number of benzene rings is 8. The number of fused-ring (bicyclic) bond motifs is 11. The second-order valence-electron chi connectivity index (χ2n) is 13.7. The van der Waals surface area contributed by atoms with E-state index in [-0.39, 0.29) is 0 Å². The zero-order valence-corrected chi connectivity index (χ0v) is 29.1. The predicted octanol–water partition coefficient (Wildman–Crippen LogP) is 14.2. The fraction of sp³-hybridized carbons (Fsp3) is 0. The van der Waals surface area contributed by atoms with Gasteiger partial charge in [0.25, 0.3) is 0 Å². The molecule has 1 aliphatic heterocycles. The third-order valence-electron chi connectivity index (χ3n) is 10.8. The molecule has 0 aliphatic carbocycles. The van der Waals surface area contributed by atoms with Gasteiger partial charge in [-0.1, -0.05) is 103 Å². The molecule has 5 heteroatoms. The smallest absolute Gasteiger partial charge is 0.137 e. The van der Waals surface area contributed by atoms with Crippen LogP contribution in [-0.2, 0) is 0 Å². The summed E-state index contributed by atoms with van der Waals surface area (Å²) in [4.78, 5) is 4.85. The molecule has 248 valence electrons. The Bertz CT molecular complexity index is 3160. The fourth-order valence-corrected chi connectivity index (χ4v) is 9.52. The van der Waals surface area contributed by atoms with Crippen molar-refractivity contribution in [3.05, 3.63) is 170 Å². The van der Waals surface area contributed by atoms with Crippen LogP contribution in [0.1, 0.15) is 0 Å². The molecule has 0 atom stereocenters. The minimum Gasteiger partial charge on any atom is -0.456 e. The number of nitrogens with zero attached hydrogens (tertiary/aromatic N) is 2. The Labute approximate surface area is 308 Å². The Kier molecular flexibility index (Phi) is 5.96. The van der Waals surface area contributed by atoms with Crippen LogP contribution in [0.3, 0.4) is 0 Å². The summed E-state index contributed by atoms with van der Waals surface area (Å²) >= 11 is 1.86. The van der Waals surface area contributed by atoms with Gasteiger partial charge in [0, 0.05) is 76.9 Å². The summed E-state index contributed by atoms with van der Waals surface area (Å²) in [5.74, 6) is 0. The molecule has 0 radical (unpaired) electrons. The summed E-state index contributed by atoms with van der Waals surface area (Å²) in [6.45, 7) is 0. The van der Waals surface area contributed by atoms with Gasteiger partial charge in [-0.15, -0.1) is 0 Å². The van der Waals surface area contributed by atoms with Gasteiger partial charge >= 0.3 is 0 Å². The van der Waals surface area contributed by atoms with E-state index < -0.39 is 0 Å². The lowest BCUT2D eigenvalue weighted by atomic mass is 10.0. The molecule has 12 rings (SSSR count). The van der Waals surface area contributed by atoms with Crippen LogP contribution in [0.15, 0.2) is 188 Å². The van der Waals surface area contributed by atoms with Gasteiger partial charge in [-0.25, -0.2) is 0 Å². The van der Waals surface area contributed by atoms with E-state index in [1.54, 1.807) is 0 Å². The van der Waals surface area contributed by atoms with E-state index in [0.29, 0.717) is 0 Å². The molecule has 3 aromatic heterocycles. The highest BCUT2D eigenvalue weighted by atomic mass is 32.2. The van der Waals surface area contributed by atoms with E-state index in [9.17, 15) is 0 Å². The molecule has 0 N–H and O–H groups in total. The first-order valence-electron chi connectivity index (χ1n) is 17.8. The molecule has 0 spiro atoms. The van der Waals surface area contributed by atoms with Crippen molar-refractivity contribution >= 4 is 94.5 Å². The van der Waals surface area contributed by atoms with Crippen molar-refractivity contribution in [1.29, 1.82) is 0 Å². The molecule has 1 aliphatic rings. The number of hydrogen-bond acceptors (Lipinski definition) is 4. The molecular formula is C48H28N2O2S. The van der Waals surface area contributed by atoms with Gasteiger partial charge in [0.1, 0.15) is 22.3 Å². The number of anilines is 3. The fourth-order valence-electron chi connectivity index (χ4n) is 8.43. The molecule has 4 heterocycles. The van der Waals surface area contributed by atoms with Crippen LogP contribution in [-0.4, -0.2) is 4.57 Å². The van der Waals surface area contributed by atoms with Crippen LogP contribution in [0.2, 0.25) is 0 Å². The third kappa shape index (κ3) is 4.20. The topological polar surface area (TPSA) is 34.5 Å². The normalized spacial score (nSPS) is 12.5. The summed E-state index contributed by atoms with van der Waals surface area (Å²) in [6, 6.07) is 60.6. The lowest BCUT2D eigenvalue weighted by Gasteiger charge is -2.26. The molecule has 0 saturated carbocycles. The number of furan rings is 2. The third-order valence-corrected chi connectivity index (χ3v) is 11.9. The summed E-state index contributed by atoms with van der Waals surface area (Å²) in [7, 11) is 0. The van der Waals surface area contributed by atoms with Crippen molar-refractivity contribution in [3.8, 4) is 16.8 Å². The molecule has 4 nitrogen and oxygen atoms in total. The standard InChI is InChI=1S/C48H28N2O2S/c1-4-15-41-34(9-1)36-25-23-31(27-43(36)51-41)49(32-24-26-37-35-10-2-5-16-42(35)52-44(37)28-32)30-21-19-29(20-22-30)33-11-7-12-38-39-13-8-18-46-48(39)50(47(33)38)40-14-3-6-17-45(40)53-46/h1-28H. The van der Waals surface area contributed by atoms with Crippen molar-refractivity contribution in [1.82, 2.24) is 4.57 Å². The molecular weight excluding hydrogens is 669 g/mol. The zero-order valence-electron chi connectivity index (χ0n) is 28.3. The molecule has 0 unspecified atom stereocenters. The minimum atomic E-state index is 0.855. The molecule has 8 aromatic carbocycles. The monoisotopic (exact) mass is 696 g/mol. The Morgan fingerprint density at radius 1 is 0.396 bits per heavy atom. The van der Waals surface area contributed by atoms with Crippen molar-refractivity contribution < 1.29 is 8.83 Å². The van der Waals surface area contributed by atoms with Crippen molar-refractivity contribution in [2.45, 2.75) is 9.79 Å². The summed E-state index contributed by atoms with van der Waals surface area (Å²) in [5, 5.41) is 6.99. The van der Waals surface area contributed by atoms with Gasteiger partial charge < -0.3 is 18.3 Å². The van der Waals surface area contributed by atoms with Crippen LogP contribution < -0.4 is 4.90 Å². The largest absolute Gasteiger partial charge is 0.456 e. The van der Waals surface area contributed by atoms with E-state index >= 15 is 0 Å². The van der Waals surface area contributed by atoms with Gasteiger partial charge in [-0.05, 0) is 72.3 Å². The number of para-hydroxylation sites is 5. The first kappa shape index (κ1) is 28.9. The number of aromatic nitrogens is 1. The van der Waals surface area contributed by atoms with Crippen LogP contribution in [0.5, 0.6) is 0 Å². The van der Waals surface area contributed by atoms with Gasteiger partial charge in [-0.3, -0.25) is 0 Å². The van der Waals surface area contributed by atoms with E-state index in [0.717, 1.165) is 66.5 Å². The lowest BCUT2D eigenvalue weighted by molar-refractivity contribution is 0.669. The molecule has 0 bridgehead atoms. The maximum Gasteiger partial charge on any atom is 0.137 e. The van der Waals surface area contributed by atoms with Gasteiger partial charge in [-0.2, -0.15) is 0 Å². The maximum absolute atomic E-state index is 6.38. The van der Waals surface area contributed by atoms with Crippen LogP contribution >= 0.6 is 11.8 Å². The summed E-state index contributed by atoms with van der Waals surface area (Å²) in [5.41, 5.74) is 12.7. The second-order valence-corrected chi connectivity index (χ2v) is 14.8. The lowest BCUT2D eigenvalue weighted by Crippen LogP contribution is -2.09. The first-order chi connectivity index (χ1) is 26.3. The quantitative estimate of drug-likeness (QED) is 0.183. The maximum atomic E-state index is 6.38. The number of rotatable bonds is 4. The molecule has 0 saturated heterocycles. The molecule has 0 fully saturated rings. The van der Waals surface area contributed by atoms with Gasteiger partial charge in [0.05, 0.1) is 16.7 Å². The summed E-state index contributed by atoms with van der Waals surface area (Å²) < 4.78 is 15.2. The first-order valence-corrected chi connectivity index (χ1v) is 18.7. The van der Waals surface area contributed by atoms with E-state index in [4.69, 9.17) is 8.83 Å². The van der Waals surface area contributed by atoms with Crippen LogP contribution in [0.25, 0.3) is 82.5 Å².